The Morgan fingerprint density at radius 1 is 1.47 bits per heavy atom. The number of hydrogen-bond donors (Lipinski definition) is 3. The van der Waals surface area contributed by atoms with E-state index in [1.807, 2.05) is 0 Å². The lowest BCUT2D eigenvalue weighted by Gasteiger charge is -2.10. The fourth-order valence-electron chi connectivity index (χ4n) is 1.76. The van der Waals surface area contributed by atoms with E-state index >= 15 is 0 Å². The van der Waals surface area contributed by atoms with Crippen molar-refractivity contribution >= 4 is 24.2 Å². The normalized spacial score (nSPS) is 16.4. The zero-order valence-electron chi connectivity index (χ0n) is 9.81. The van der Waals surface area contributed by atoms with Crippen molar-refractivity contribution in [1.82, 2.24) is 0 Å². The van der Waals surface area contributed by atoms with Crippen molar-refractivity contribution in [2.75, 3.05) is 5.32 Å². The number of rotatable bonds is 4. The van der Waals surface area contributed by atoms with E-state index in [9.17, 15) is 4.79 Å². The van der Waals surface area contributed by atoms with Crippen molar-refractivity contribution in [3.63, 3.8) is 0 Å². The molecule has 0 aromatic heterocycles. The van der Waals surface area contributed by atoms with Gasteiger partial charge in [-0.05, 0) is 35.9 Å². The first-order valence-corrected chi connectivity index (χ1v) is 5.74. The second kappa shape index (κ2) is 4.51. The number of benzene rings is 1. The van der Waals surface area contributed by atoms with Crippen molar-refractivity contribution in [1.29, 1.82) is 0 Å². The Hall–Kier alpha value is -1.33. The molecular weight excluding hydrogens is 217 g/mol. The van der Waals surface area contributed by atoms with Crippen LogP contribution < -0.4 is 10.8 Å². The zero-order chi connectivity index (χ0) is 12.5. The highest BCUT2D eigenvalue weighted by molar-refractivity contribution is 6.58. The van der Waals surface area contributed by atoms with Crippen molar-refractivity contribution in [2.45, 2.75) is 26.2 Å². The Labute approximate surface area is 101 Å². The van der Waals surface area contributed by atoms with E-state index in [-0.39, 0.29) is 11.3 Å². The van der Waals surface area contributed by atoms with Crippen LogP contribution in [0.1, 0.15) is 26.2 Å². The number of nitrogens with one attached hydrogen (secondary N) is 1. The van der Waals surface area contributed by atoms with Gasteiger partial charge in [-0.3, -0.25) is 4.79 Å². The molecule has 1 fully saturated rings. The van der Waals surface area contributed by atoms with Crippen LogP contribution in [-0.4, -0.2) is 23.1 Å². The molecule has 0 bridgehead atoms. The summed E-state index contributed by atoms with van der Waals surface area (Å²) in [6.45, 7) is 2.10. The van der Waals surface area contributed by atoms with Gasteiger partial charge in [0.05, 0.1) is 0 Å². The van der Waals surface area contributed by atoms with Gasteiger partial charge in [-0.1, -0.05) is 19.1 Å². The highest BCUT2D eigenvalue weighted by atomic mass is 16.4. The van der Waals surface area contributed by atoms with Gasteiger partial charge in [0.15, 0.2) is 0 Å². The van der Waals surface area contributed by atoms with Crippen molar-refractivity contribution < 1.29 is 14.8 Å². The largest absolute Gasteiger partial charge is 0.488 e. The molecule has 1 aromatic rings. The Kier molecular flexibility index (Phi) is 3.22. The van der Waals surface area contributed by atoms with Crippen LogP contribution in [0.3, 0.4) is 0 Å². The number of amides is 1. The SMILES string of the molecule is CC1(CC(=O)Nc2cccc(B(O)O)c2)CC1. The molecule has 0 aliphatic heterocycles. The predicted molar refractivity (Wildman–Crippen MR) is 66.9 cm³/mol. The minimum Gasteiger partial charge on any atom is -0.423 e. The van der Waals surface area contributed by atoms with E-state index in [4.69, 9.17) is 10.0 Å². The third kappa shape index (κ3) is 3.31. The quantitative estimate of drug-likeness (QED) is 0.663. The topological polar surface area (TPSA) is 69.6 Å². The highest BCUT2D eigenvalue weighted by Crippen LogP contribution is 2.48. The Morgan fingerprint density at radius 2 is 2.18 bits per heavy atom. The lowest BCUT2D eigenvalue weighted by molar-refractivity contribution is -0.117. The number of anilines is 1. The molecule has 1 aliphatic rings. The summed E-state index contributed by atoms with van der Waals surface area (Å²) in [7, 11) is -1.51. The summed E-state index contributed by atoms with van der Waals surface area (Å²) in [5, 5.41) is 20.8. The molecule has 0 spiro atoms. The molecule has 3 N–H and O–H groups in total. The van der Waals surface area contributed by atoms with Gasteiger partial charge >= 0.3 is 7.12 Å². The summed E-state index contributed by atoms with van der Waals surface area (Å²) in [4.78, 5) is 11.7. The standard InChI is InChI=1S/C12H16BNO3/c1-12(5-6-12)8-11(15)14-10-4-2-3-9(7-10)13(16)17/h2-4,7,16-17H,5-6,8H2,1H3,(H,14,15). The fraction of sp³-hybridized carbons (Fsp3) is 0.417. The molecule has 4 nitrogen and oxygen atoms in total. The van der Waals surface area contributed by atoms with Crippen molar-refractivity contribution in [3.05, 3.63) is 24.3 Å². The van der Waals surface area contributed by atoms with Gasteiger partial charge in [0, 0.05) is 12.1 Å². The summed E-state index contributed by atoms with van der Waals surface area (Å²) in [6.07, 6.45) is 2.74. The minimum absolute atomic E-state index is 0.0189. The Bertz CT molecular complexity index is 430. The summed E-state index contributed by atoms with van der Waals surface area (Å²) in [6, 6.07) is 6.59. The summed E-state index contributed by atoms with van der Waals surface area (Å²) < 4.78 is 0. The molecule has 17 heavy (non-hydrogen) atoms. The van der Waals surface area contributed by atoms with Crippen LogP contribution in [0.4, 0.5) is 5.69 Å². The maximum atomic E-state index is 11.7. The molecule has 0 unspecified atom stereocenters. The van der Waals surface area contributed by atoms with Crippen molar-refractivity contribution in [2.24, 2.45) is 5.41 Å². The van der Waals surface area contributed by atoms with E-state index in [1.165, 1.54) is 0 Å². The molecule has 0 atom stereocenters. The monoisotopic (exact) mass is 233 g/mol. The molecule has 0 heterocycles. The van der Waals surface area contributed by atoms with Gasteiger partial charge in [0.2, 0.25) is 5.91 Å². The number of carbonyl (C=O) groups excluding carboxylic acids is 1. The van der Waals surface area contributed by atoms with Crippen molar-refractivity contribution in [3.8, 4) is 0 Å². The smallest absolute Gasteiger partial charge is 0.423 e. The third-order valence-corrected chi connectivity index (χ3v) is 3.16. The summed E-state index contributed by atoms with van der Waals surface area (Å²) in [5.41, 5.74) is 1.16. The predicted octanol–water partition coefficient (Wildman–Crippen LogP) is 0.495. The van der Waals surface area contributed by atoms with E-state index in [2.05, 4.69) is 12.2 Å². The average molecular weight is 233 g/mol. The van der Waals surface area contributed by atoms with Gasteiger partial charge in [0.25, 0.3) is 0 Å². The average Bonchev–Trinajstić information content (AvgIpc) is 2.95. The molecule has 1 saturated carbocycles. The zero-order valence-corrected chi connectivity index (χ0v) is 9.81. The van der Waals surface area contributed by atoms with Crippen LogP contribution in [0, 0.1) is 5.41 Å². The van der Waals surface area contributed by atoms with Crippen LogP contribution >= 0.6 is 0 Å². The van der Waals surface area contributed by atoms with Crippen LogP contribution in [0.15, 0.2) is 24.3 Å². The summed E-state index contributed by atoms with van der Waals surface area (Å²) >= 11 is 0. The molecule has 2 rings (SSSR count). The van der Waals surface area contributed by atoms with Crippen LogP contribution in [0.5, 0.6) is 0 Å². The summed E-state index contributed by atoms with van der Waals surface area (Å²) in [5.74, 6) is -0.0189. The molecule has 5 heteroatoms. The number of hydrogen-bond acceptors (Lipinski definition) is 3. The van der Waals surface area contributed by atoms with E-state index in [0.29, 0.717) is 17.6 Å². The molecule has 0 saturated heterocycles. The molecule has 1 aromatic carbocycles. The minimum atomic E-state index is -1.51. The van der Waals surface area contributed by atoms with E-state index in [1.54, 1.807) is 24.3 Å². The molecule has 90 valence electrons. The van der Waals surface area contributed by atoms with Crippen LogP contribution in [0.2, 0.25) is 0 Å². The molecule has 1 aliphatic carbocycles. The first-order chi connectivity index (χ1) is 7.98. The molecular formula is C12H16BNO3. The van der Waals surface area contributed by atoms with Gasteiger partial charge in [-0.25, -0.2) is 0 Å². The van der Waals surface area contributed by atoms with Gasteiger partial charge in [-0.15, -0.1) is 0 Å². The second-order valence-electron chi connectivity index (χ2n) is 5.03. The maximum absolute atomic E-state index is 11.7. The van der Waals surface area contributed by atoms with Crippen LogP contribution in [-0.2, 0) is 4.79 Å². The first-order valence-electron chi connectivity index (χ1n) is 5.74. The third-order valence-electron chi connectivity index (χ3n) is 3.16. The Morgan fingerprint density at radius 3 is 2.76 bits per heavy atom. The van der Waals surface area contributed by atoms with E-state index < -0.39 is 7.12 Å². The first kappa shape index (κ1) is 12.1. The van der Waals surface area contributed by atoms with E-state index in [0.717, 1.165) is 12.8 Å². The van der Waals surface area contributed by atoms with Gasteiger partial charge in [0.1, 0.15) is 0 Å². The lowest BCUT2D eigenvalue weighted by Crippen LogP contribution is -2.30. The second-order valence-corrected chi connectivity index (χ2v) is 5.03. The molecule has 0 radical (unpaired) electrons. The molecule has 1 amide bonds. The lowest BCUT2D eigenvalue weighted by atomic mass is 9.80. The maximum Gasteiger partial charge on any atom is 0.488 e. The highest BCUT2D eigenvalue weighted by Gasteiger charge is 2.39. The van der Waals surface area contributed by atoms with Crippen LogP contribution in [0.25, 0.3) is 0 Å². The number of carbonyl (C=O) groups is 1. The van der Waals surface area contributed by atoms with Gasteiger partial charge < -0.3 is 15.4 Å². The fourth-order valence-corrected chi connectivity index (χ4v) is 1.76. The Balaban J connectivity index is 1.98. The van der Waals surface area contributed by atoms with Gasteiger partial charge in [-0.2, -0.15) is 0 Å².